The Bertz CT molecular complexity index is 304. The molecule has 0 unspecified atom stereocenters. The Balaban J connectivity index is 0. The number of ether oxygens (including phenoxy) is 1. The Hall–Kier alpha value is 0.130. The largest absolute Gasteiger partial charge is 1.00 e. The molecule has 0 amide bonds. The summed E-state index contributed by atoms with van der Waals surface area (Å²) >= 11 is 0. The van der Waals surface area contributed by atoms with E-state index in [1.54, 1.807) is 30.3 Å². The molecule has 1 aromatic carbocycles. The molecule has 0 saturated heterocycles. The van der Waals surface area contributed by atoms with Gasteiger partial charge in [-0.25, -0.2) is 9.09 Å². The van der Waals surface area contributed by atoms with E-state index in [0.29, 0.717) is 5.75 Å². The summed E-state index contributed by atoms with van der Waals surface area (Å²) in [6.07, 6.45) is 0. The zero-order valence-electron chi connectivity index (χ0n) is 8.66. The van der Waals surface area contributed by atoms with Gasteiger partial charge in [-0.3, -0.25) is 0 Å². The van der Waals surface area contributed by atoms with Crippen LogP contribution in [0.1, 0.15) is 1.43 Å². The summed E-state index contributed by atoms with van der Waals surface area (Å²) in [5.74, 6) is 0.496. The van der Waals surface area contributed by atoms with Crippen LogP contribution in [0.4, 0.5) is 0 Å². The van der Waals surface area contributed by atoms with Crippen molar-refractivity contribution in [2.24, 2.45) is 0 Å². The molecular weight excluding hydrogens is 218 g/mol. The van der Waals surface area contributed by atoms with Crippen LogP contribution in [0.3, 0.4) is 0 Å². The van der Waals surface area contributed by atoms with Gasteiger partial charge in [0, 0.05) is 0 Å². The van der Waals surface area contributed by atoms with Crippen LogP contribution in [0, 0.1) is 0 Å². The molecule has 2 N–H and O–H groups in total. The van der Waals surface area contributed by atoms with Crippen LogP contribution in [-0.2, 0) is 9.09 Å². The van der Waals surface area contributed by atoms with Gasteiger partial charge in [-0.1, -0.05) is 18.2 Å². The fourth-order valence-corrected chi connectivity index (χ4v) is 0.870. The van der Waals surface area contributed by atoms with E-state index in [9.17, 15) is 4.57 Å². The minimum atomic E-state index is -4.43. The summed E-state index contributed by atoms with van der Waals surface area (Å²) in [5, 5.41) is 0. The van der Waals surface area contributed by atoms with Crippen molar-refractivity contribution in [1.29, 1.82) is 0 Å². The van der Waals surface area contributed by atoms with Gasteiger partial charge in [0.15, 0.2) is 6.79 Å². The maximum atomic E-state index is 10.2. The van der Waals surface area contributed by atoms with Gasteiger partial charge in [-0.15, -0.1) is 0 Å². The van der Waals surface area contributed by atoms with Crippen molar-refractivity contribution in [3.63, 3.8) is 0 Å². The molecule has 0 fully saturated rings. The summed E-state index contributed by atoms with van der Waals surface area (Å²) < 4.78 is 19.2. The van der Waals surface area contributed by atoms with Gasteiger partial charge in [0.05, 0.1) is 0 Å². The molecule has 0 atom stereocenters. The van der Waals surface area contributed by atoms with E-state index in [0.717, 1.165) is 0 Å². The maximum absolute atomic E-state index is 10.2. The van der Waals surface area contributed by atoms with Crippen LogP contribution >= 0.6 is 7.82 Å². The number of rotatable bonds is 4. The van der Waals surface area contributed by atoms with Crippen molar-refractivity contribution in [1.82, 2.24) is 0 Å². The van der Waals surface area contributed by atoms with Crippen LogP contribution in [-0.4, -0.2) is 16.6 Å². The number of hydrogen-bond acceptors (Lipinski definition) is 3. The van der Waals surface area contributed by atoms with Crippen molar-refractivity contribution >= 4 is 7.82 Å². The number of phosphoric ester groups is 1. The predicted octanol–water partition coefficient (Wildman–Crippen LogP) is -1.75. The van der Waals surface area contributed by atoms with Gasteiger partial charge in [0.1, 0.15) is 5.75 Å². The summed E-state index contributed by atoms with van der Waals surface area (Å²) in [6.45, 7) is -0.464. The molecule has 7 heteroatoms. The van der Waals surface area contributed by atoms with Crippen molar-refractivity contribution in [3.05, 3.63) is 30.3 Å². The summed E-state index contributed by atoms with van der Waals surface area (Å²) in [5.41, 5.74) is 0. The van der Waals surface area contributed by atoms with Gasteiger partial charge in [0.2, 0.25) is 0 Å². The number of benzene rings is 1. The number of hydrogen-bond donors (Lipinski definition) is 2. The molecule has 0 aromatic heterocycles. The molecule has 0 spiro atoms. The van der Waals surface area contributed by atoms with Crippen molar-refractivity contribution < 1.29 is 54.6 Å². The van der Waals surface area contributed by atoms with Crippen LogP contribution in [0.25, 0.3) is 0 Å². The molecule has 0 aliphatic heterocycles. The molecule has 0 heterocycles. The zero-order chi connectivity index (χ0) is 9.73. The van der Waals surface area contributed by atoms with Crippen molar-refractivity contribution in [2.45, 2.75) is 0 Å². The molecule has 0 aliphatic carbocycles. The second kappa shape index (κ2) is 6.58. The van der Waals surface area contributed by atoms with Gasteiger partial charge in [-0.05, 0) is 12.1 Å². The molecule has 1 aromatic rings. The topological polar surface area (TPSA) is 76.0 Å². The SMILES string of the molecule is O=P(O)(O)OCOc1ccccc1.[H-].[Na+]. The second-order valence-corrected chi connectivity index (χ2v) is 3.43. The smallest absolute Gasteiger partial charge is 1.00 e. The van der Waals surface area contributed by atoms with E-state index < -0.39 is 14.6 Å². The van der Waals surface area contributed by atoms with Gasteiger partial charge in [-0.2, -0.15) is 0 Å². The van der Waals surface area contributed by atoms with Gasteiger partial charge < -0.3 is 16.0 Å². The van der Waals surface area contributed by atoms with E-state index in [4.69, 9.17) is 14.5 Å². The number of para-hydroxylation sites is 1. The van der Waals surface area contributed by atoms with E-state index in [1.807, 2.05) is 0 Å². The Kier molecular flexibility index (Phi) is 6.64. The molecule has 1 rings (SSSR count). The van der Waals surface area contributed by atoms with E-state index in [1.165, 1.54) is 0 Å². The fraction of sp³-hybridized carbons (Fsp3) is 0.143. The first-order chi connectivity index (χ1) is 6.08. The average molecular weight is 228 g/mol. The van der Waals surface area contributed by atoms with Crippen molar-refractivity contribution in [3.8, 4) is 5.75 Å². The third kappa shape index (κ3) is 6.56. The van der Waals surface area contributed by atoms with Crippen molar-refractivity contribution in [2.75, 3.05) is 6.79 Å². The van der Waals surface area contributed by atoms with Gasteiger partial charge in [0.25, 0.3) is 0 Å². The Labute approximate surface area is 105 Å². The van der Waals surface area contributed by atoms with Crippen LogP contribution in [0.2, 0.25) is 0 Å². The molecule has 0 radical (unpaired) electrons. The standard InChI is InChI=1S/C7H9O5P.Na.H/c8-13(9,10)12-6-11-7-4-2-1-3-5-7;;/h1-5H,6H2,(H2,8,9,10);;/q;+1;-1. The monoisotopic (exact) mass is 228 g/mol. The summed E-state index contributed by atoms with van der Waals surface area (Å²) in [7, 11) is -4.43. The van der Waals surface area contributed by atoms with Gasteiger partial charge >= 0.3 is 37.4 Å². The Morgan fingerprint density at radius 3 is 2.36 bits per heavy atom. The fourth-order valence-electron chi connectivity index (χ4n) is 0.680. The molecule has 5 nitrogen and oxygen atoms in total. The van der Waals surface area contributed by atoms with Crippen LogP contribution in [0.15, 0.2) is 30.3 Å². The first-order valence-electron chi connectivity index (χ1n) is 3.46. The average Bonchev–Trinajstić information content (AvgIpc) is 2.04. The normalized spacial score (nSPS) is 10.4. The Morgan fingerprint density at radius 2 is 1.86 bits per heavy atom. The first kappa shape index (κ1) is 14.1. The van der Waals surface area contributed by atoms with Crippen LogP contribution in [0.5, 0.6) is 5.75 Å². The molecule has 0 saturated carbocycles. The quantitative estimate of drug-likeness (QED) is 0.363. The minimum absolute atomic E-state index is 0. The maximum Gasteiger partial charge on any atom is 1.00 e. The second-order valence-electron chi connectivity index (χ2n) is 2.19. The third-order valence-corrected chi connectivity index (χ3v) is 1.63. The predicted molar refractivity (Wildman–Crippen MR) is 46.2 cm³/mol. The van der Waals surface area contributed by atoms with E-state index in [-0.39, 0.29) is 31.0 Å². The number of phosphoric acid groups is 1. The summed E-state index contributed by atoms with van der Waals surface area (Å²) in [4.78, 5) is 16.6. The first-order valence-corrected chi connectivity index (χ1v) is 4.99. The van der Waals surface area contributed by atoms with E-state index in [2.05, 4.69) is 4.52 Å². The Morgan fingerprint density at radius 1 is 1.29 bits per heavy atom. The molecule has 0 bridgehead atoms. The zero-order valence-corrected chi connectivity index (χ0v) is 10.6. The van der Waals surface area contributed by atoms with E-state index >= 15 is 0 Å². The third-order valence-electron chi connectivity index (χ3n) is 1.19. The minimum Gasteiger partial charge on any atom is -1.00 e. The summed E-state index contributed by atoms with van der Waals surface area (Å²) in [6, 6.07) is 8.60. The molecular formula is C7H10NaO5P. The molecule has 14 heavy (non-hydrogen) atoms. The molecule has 0 aliphatic rings. The van der Waals surface area contributed by atoms with Crippen LogP contribution < -0.4 is 34.3 Å². The molecule has 74 valence electrons.